The third kappa shape index (κ3) is 2.93. The van der Waals surface area contributed by atoms with Crippen molar-refractivity contribution in [2.45, 2.75) is 19.4 Å². The Kier molecular flexibility index (Phi) is 4.12. The minimum absolute atomic E-state index is 0.0949. The van der Waals surface area contributed by atoms with Crippen LogP contribution < -0.4 is 16.2 Å². The molecule has 1 atom stereocenters. The highest BCUT2D eigenvalue weighted by Crippen LogP contribution is 2.25. The largest absolute Gasteiger partial charge is 0.363 e. The molecule has 0 bridgehead atoms. The second kappa shape index (κ2) is 6.46. The molecule has 0 saturated carbocycles. The highest BCUT2D eigenvalue weighted by Gasteiger charge is 2.21. The summed E-state index contributed by atoms with van der Waals surface area (Å²) in [6.07, 6.45) is 2.30. The number of anilines is 1. The van der Waals surface area contributed by atoms with E-state index in [0.717, 1.165) is 16.5 Å². The zero-order chi connectivity index (χ0) is 18.3. The Bertz CT molecular complexity index is 1080. The van der Waals surface area contributed by atoms with E-state index in [1.54, 1.807) is 24.4 Å². The van der Waals surface area contributed by atoms with Gasteiger partial charge in [0.2, 0.25) is 0 Å². The Morgan fingerprint density at radius 3 is 2.92 bits per heavy atom. The van der Waals surface area contributed by atoms with Crippen molar-refractivity contribution < 1.29 is 4.79 Å². The number of nitrogens with zero attached hydrogens (tertiary/aromatic N) is 1. The second-order valence-electron chi connectivity index (χ2n) is 6.34. The summed E-state index contributed by atoms with van der Waals surface area (Å²) < 4.78 is 0. The van der Waals surface area contributed by atoms with E-state index in [0.29, 0.717) is 34.9 Å². The molecule has 2 aromatic heterocycles. The lowest BCUT2D eigenvalue weighted by atomic mass is 10.0. The minimum Gasteiger partial charge on any atom is -0.363 e. The van der Waals surface area contributed by atoms with Gasteiger partial charge in [-0.3, -0.25) is 9.59 Å². The minimum atomic E-state index is -0.286. The van der Waals surface area contributed by atoms with Crippen LogP contribution >= 0.6 is 11.6 Å². The number of hydrogen-bond acceptors (Lipinski definition) is 4. The topological polar surface area (TPSA) is 86.9 Å². The lowest BCUT2D eigenvalue weighted by Gasteiger charge is -2.22. The van der Waals surface area contributed by atoms with Crippen molar-refractivity contribution in [1.82, 2.24) is 15.3 Å². The average Bonchev–Trinajstić information content (AvgIpc) is 2.62. The van der Waals surface area contributed by atoms with Gasteiger partial charge in [0.05, 0.1) is 6.04 Å². The smallest absolute Gasteiger partial charge is 0.253 e. The first-order valence-corrected chi connectivity index (χ1v) is 8.76. The number of aromatic nitrogens is 2. The van der Waals surface area contributed by atoms with Gasteiger partial charge in [0.15, 0.2) is 0 Å². The van der Waals surface area contributed by atoms with E-state index >= 15 is 0 Å². The van der Waals surface area contributed by atoms with Gasteiger partial charge < -0.3 is 15.6 Å². The Labute approximate surface area is 154 Å². The van der Waals surface area contributed by atoms with Gasteiger partial charge in [-0.05, 0) is 43.7 Å². The molecule has 3 aromatic rings. The van der Waals surface area contributed by atoms with Crippen molar-refractivity contribution in [3.63, 3.8) is 0 Å². The quantitative estimate of drug-likeness (QED) is 0.663. The van der Waals surface area contributed by atoms with Gasteiger partial charge in [-0.15, -0.1) is 0 Å². The number of H-pyrrole nitrogens is 1. The molecule has 6 nitrogen and oxygen atoms in total. The summed E-state index contributed by atoms with van der Waals surface area (Å²) in [5, 5.41) is 7.58. The van der Waals surface area contributed by atoms with Gasteiger partial charge in [0.25, 0.3) is 11.5 Å². The fourth-order valence-corrected chi connectivity index (χ4v) is 3.46. The van der Waals surface area contributed by atoms with E-state index in [-0.39, 0.29) is 17.5 Å². The summed E-state index contributed by atoms with van der Waals surface area (Å²) in [6, 6.07) is 8.60. The van der Waals surface area contributed by atoms with Crippen molar-refractivity contribution in [3.8, 4) is 0 Å². The maximum Gasteiger partial charge on any atom is 0.253 e. The number of fused-ring (bicyclic) bond motifs is 2. The van der Waals surface area contributed by atoms with Crippen molar-refractivity contribution in [2.75, 3.05) is 11.9 Å². The summed E-state index contributed by atoms with van der Waals surface area (Å²) in [6.45, 7) is 2.47. The first-order valence-electron chi connectivity index (χ1n) is 8.38. The number of halogens is 1. The van der Waals surface area contributed by atoms with Gasteiger partial charge in [0, 0.05) is 45.4 Å². The van der Waals surface area contributed by atoms with Crippen LogP contribution in [0.1, 0.15) is 34.5 Å². The van der Waals surface area contributed by atoms with Crippen molar-refractivity contribution in [2.24, 2.45) is 0 Å². The molecule has 26 heavy (non-hydrogen) atoms. The fourth-order valence-electron chi connectivity index (χ4n) is 3.28. The third-order valence-electron chi connectivity index (χ3n) is 4.62. The molecule has 0 spiro atoms. The summed E-state index contributed by atoms with van der Waals surface area (Å²) >= 11 is 6.06. The molecule has 0 radical (unpaired) electrons. The van der Waals surface area contributed by atoms with Gasteiger partial charge in [-0.2, -0.15) is 0 Å². The summed E-state index contributed by atoms with van der Waals surface area (Å²) in [4.78, 5) is 31.7. The number of benzene rings is 1. The van der Waals surface area contributed by atoms with Crippen LogP contribution in [0.4, 0.5) is 5.82 Å². The van der Waals surface area contributed by atoms with E-state index in [9.17, 15) is 9.59 Å². The Balaban J connectivity index is 1.71. The predicted molar refractivity (Wildman–Crippen MR) is 102 cm³/mol. The molecule has 0 saturated heterocycles. The second-order valence-corrected chi connectivity index (χ2v) is 6.78. The van der Waals surface area contributed by atoms with Crippen molar-refractivity contribution in [3.05, 3.63) is 68.6 Å². The number of hydrogen-bond donors (Lipinski definition) is 3. The maximum atomic E-state index is 12.5. The molecule has 1 aromatic carbocycles. The van der Waals surface area contributed by atoms with Crippen LogP contribution in [0.15, 0.2) is 41.3 Å². The first-order chi connectivity index (χ1) is 12.5. The van der Waals surface area contributed by atoms with Gasteiger partial charge in [-0.1, -0.05) is 11.6 Å². The maximum absolute atomic E-state index is 12.5. The van der Waals surface area contributed by atoms with E-state index in [1.165, 1.54) is 0 Å². The van der Waals surface area contributed by atoms with Crippen molar-refractivity contribution >= 4 is 34.2 Å². The molecule has 3 heterocycles. The van der Waals surface area contributed by atoms with E-state index in [2.05, 4.69) is 20.6 Å². The van der Waals surface area contributed by atoms with Crippen LogP contribution in [0.25, 0.3) is 10.9 Å². The normalized spacial score (nSPS) is 14.6. The molecule has 3 N–H and O–H groups in total. The number of amides is 1. The summed E-state index contributed by atoms with van der Waals surface area (Å²) in [7, 11) is 0. The Morgan fingerprint density at radius 1 is 1.23 bits per heavy atom. The Morgan fingerprint density at radius 2 is 2.08 bits per heavy atom. The number of rotatable bonds is 3. The molecular formula is C19H17ClN4O2. The molecule has 0 aliphatic carbocycles. The number of pyridine rings is 2. The molecule has 4 rings (SSSR count). The summed E-state index contributed by atoms with van der Waals surface area (Å²) in [5.41, 5.74) is 2.66. The predicted octanol–water partition coefficient (Wildman–Crippen LogP) is 3.04. The molecule has 0 unspecified atom stereocenters. The number of aromatic amines is 1. The van der Waals surface area contributed by atoms with Crippen molar-refractivity contribution in [1.29, 1.82) is 0 Å². The van der Waals surface area contributed by atoms with E-state index in [1.807, 2.05) is 19.1 Å². The van der Waals surface area contributed by atoms with Crippen LogP contribution in [0.2, 0.25) is 5.02 Å². The van der Waals surface area contributed by atoms with Crippen LogP contribution in [0, 0.1) is 0 Å². The van der Waals surface area contributed by atoms with Gasteiger partial charge >= 0.3 is 0 Å². The van der Waals surface area contributed by atoms with Crippen LogP contribution in [-0.4, -0.2) is 22.4 Å². The lowest BCUT2D eigenvalue weighted by Crippen LogP contribution is -2.32. The van der Waals surface area contributed by atoms with E-state index in [4.69, 9.17) is 11.6 Å². The summed E-state index contributed by atoms with van der Waals surface area (Å²) in [5.74, 6) is 0.540. The number of carbonyl (C=O) groups excluding carboxylic acids is 1. The molecule has 7 heteroatoms. The highest BCUT2D eigenvalue weighted by atomic mass is 35.5. The standard InChI is InChI=1S/C19H17ClN4O2/c1-10(15-9-11-8-12(20)2-3-16(11)24-19(15)26)23-17-13-4-7-22-18(25)14(13)5-6-21-17/h2-3,5-6,8-10H,4,7H2,1H3,(H,21,23)(H,22,25)(H,24,26)/t10-/m0/s1. The van der Waals surface area contributed by atoms with Crippen LogP contribution in [0.5, 0.6) is 0 Å². The zero-order valence-electron chi connectivity index (χ0n) is 14.1. The number of nitrogens with one attached hydrogen (secondary N) is 3. The average molecular weight is 369 g/mol. The van der Waals surface area contributed by atoms with Crippen LogP contribution in [0.3, 0.4) is 0 Å². The monoisotopic (exact) mass is 368 g/mol. The number of carbonyl (C=O) groups is 1. The third-order valence-corrected chi connectivity index (χ3v) is 4.85. The van der Waals surface area contributed by atoms with Gasteiger partial charge in [0.1, 0.15) is 5.82 Å². The molecule has 1 aliphatic rings. The highest BCUT2D eigenvalue weighted by molar-refractivity contribution is 6.31. The Hall–Kier alpha value is -2.86. The molecule has 132 valence electrons. The van der Waals surface area contributed by atoms with Gasteiger partial charge in [-0.25, -0.2) is 4.98 Å². The van der Waals surface area contributed by atoms with E-state index < -0.39 is 0 Å². The molecule has 1 amide bonds. The zero-order valence-corrected chi connectivity index (χ0v) is 14.9. The van der Waals surface area contributed by atoms with Crippen LogP contribution in [-0.2, 0) is 6.42 Å². The lowest BCUT2D eigenvalue weighted by molar-refractivity contribution is 0.0946. The first kappa shape index (κ1) is 16.6. The molecular weight excluding hydrogens is 352 g/mol. The fraction of sp³-hybridized carbons (Fsp3) is 0.211. The molecule has 1 aliphatic heterocycles. The SMILES string of the molecule is C[C@H](Nc1nccc2c1CCNC2=O)c1cc2cc(Cl)ccc2[nH]c1=O. The molecule has 0 fully saturated rings.